The number of thioether (sulfide) groups is 1. The summed E-state index contributed by atoms with van der Waals surface area (Å²) in [6.45, 7) is 0.233. The predicted molar refractivity (Wildman–Crippen MR) is 93.8 cm³/mol. The Hall–Kier alpha value is -1.44. The summed E-state index contributed by atoms with van der Waals surface area (Å²) in [6.07, 6.45) is 5.04. The average molecular weight is 415 g/mol. The molecule has 0 saturated carbocycles. The standard InChI is InChI=1S/C15H10BrClFN3OS/c1-23-15-19-5-10-13(20-15)11(16)7-21(14(10)22)6-8-2-3-9(18)4-12(8)17/h2-5,7H,6H2,1H3. The topological polar surface area (TPSA) is 47.8 Å². The Labute approximate surface area is 148 Å². The van der Waals surface area contributed by atoms with Gasteiger partial charge < -0.3 is 4.57 Å². The van der Waals surface area contributed by atoms with Gasteiger partial charge in [0, 0.05) is 17.4 Å². The van der Waals surface area contributed by atoms with Crippen molar-refractivity contribution in [3.63, 3.8) is 0 Å². The fraction of sp³-hybridized carbons (Fsp3) is 0.133. The average Bonchev–Trinajstić information content (AvgIpc) is 2.54. The molecule has 2 heterocycles. The second kappa shape index (κ2) is 6.59. The molecule has 8 heteroatoms. The van der Waals surface area contributed by atoms with E-state index < -0.39 is 5.82 Å². The number of halogens is 3. The normalized spacial score (nSPS) is 11.1. The third-order valence-electron chi connectivity index (χ3n) is 3.29. The van der Waals surface area contributed by atoms with Gasteiger partial charge in [0.15, 0.2) is 5.16 Å². The van der Waals surface area contributed by atoms with E-state index in [0.29, 0.717) is 26.1 Å². The summed E-state index contributed by atoms with van der Waals surface area (Å²) in [7, 11) is 0. The van der Waals surface area contributed by atoms with Crippen LogP contribution in [0.2, 0.25) is 5.02 Å². The highest BCUT2D eigenvalue weighted by atomic mass is 79.9. The molecule has 0 aliphatic rings. The first-order chi connectivity index (χ1) is 11.0. The number of aromatic nitrogens is 3. The summed E-state index contributed by atoms with van der Waals surface area (Å²) in [6, 6.07) is 4.11. The molecule has 2 aromatic heterocycles. The Morgan fingerprint density at radius 2 is 2.22 bits per heavy atom. The molecular weight excluding hydrogens is 405 g/mol. The molecule has 0 amide bonds. The number of hydrogen-bond acceptors (Lipinski definition) is 4. The van der Waals surface area contributed by atoms with E-state index >= 15 is 0 Å². The second-order valence-corrected chi connectivity index (χ2v) is 6.80. The molecule has 23 heavy (non-hydrogen) atoms. The van der Waals surface area contributed by atoms with E-state index in [0.717, 1.165) is 0 Å². The number of fused-ring (bicyclic) bond motifs is 1. The van der Waals surface area contributed by atoms with Crippen LogP contribution < -0.4 is 5.56 Å². The lowest BCUT2D eigenvalue weighted by Crippen LogP contribution is -2.21. The van der Waals surface area contributed by atoms with Crippen LogP contribution in [-0.4, -0.2) is 20.8 Å². The second-order valence-electron chi connectivity index (χ2n) is 4.76. The number of hydrogen-bond donors (Lipinski definition) is 0. The van der Waals surface area contributed by atoms with Crippen molar-refractivity contribution in [1.29, 1.82) is 0 Å². The summed E-state index contributed by atoms with van der Waals surface area (Å²) < 4.78 is 15.3. The quantitative estimate of drug-likeness (QED) is 0.478. The zero-order valence-electron chi connectivity index (χ0n) is 11.9. The van der Waals surface area contributed by atoms with E-state index in [4.69, 9.17) is 11.6 Å². The monoisotopic (exact) mass is 413 g/mol. The Morgan fingerprint density at radius 1 is 1.43 bits per heavy atom. The van der Waals surface area contributed by atoms with Crippen molar-refractivity contribution in [2.75, 3.05) is 6.26 Å². The van der Waals surface area contributed by atoms with Gasteiger partial charge in [0.25, 0.3) is 5.56 Å². The minimum Gasteiger partial charge on any atom is -0.309 e. The van der Waals surface area contributed by atoms with Crippen molar-refractivity contribution < 1.29 is 4.39 Å². The molecule has 0 aliphatic carbocycles. The Balaban J connectivity index is 2.12. The molecule has 0 aliphatic heterocycles. The third-order valence-corrected chi connectivity index (χ3v) is 4.79. The molecular formula is C15H10BrClFN3OS. The Kier molecular flexibility index (Phi) is 4.70. The van der Waals surface area contributed by atoms with Crippen LogP contribution in [0.4, 0.5) is 4.39 Å². The first kappa shape index (κ1) is 16.4. The maximum atomic E-state index is 13.1. The van der Waals surface area contributed by atoms with Crippen LogP contribution in [0, 0.1) is 5.82 Å². The van der Waals surface area contributed by atoms with Gasteiger partial charge in [-0.1, -0.05) is 29.4 Å². The number of pyridine rings is 1. The van der Waals surface area contributed by atoms with E-state index in [1.165, 1.54) is 34.7 Å². The molecule has 0 radical (unpaired) electrons. The lowest BCUT2D eigenvalue weighted by Gasteiger charge is -2.10. The first-order valence-electron chi connectivity index (χ1n) is 6.53. The van der Waals surface area contributed by atoms with Crippen molar-refractivity contribution in [3.05, 3.63) is 61.8 Å². The molecule has 4 nitrogen and oxygen atoms in total. The maximum absolute atomic E-state index is 13.1. The Bertz CT molecular complexity index is 963. The minimum atomic E-state index is -0.413. The molecule has 118 valence electrons. The molecule has 0 atom stereocenters. The van der Waals surface area contributed by atoms with Crippen molar-refractivity contribution >= 4 is 50.2 Å². The molecule has 0 fully saturated rings. The summed E-state index contributed by atoms with van der Waals surface area (Å²) >= 11 is 10.9. The molecule has 0 bridgehead atoms. The van der Waals surface area contributed by atoms with Crippen LogP contribution in [0.15, 0.2) is 45.0 Å². The summed E-state index contributed by atoms with van der Waals surface area (Å²) in [5.41, 5.74) is 0.995. The van der Waals surface area contributed by atoms with E-state index in [1.807, 2.05) is 6.26 Å². The van der Waals surface area contributed by atoms with E-state index in [9.17, 15) is 9.18 Å². The van der Waals surface area contributed by atoms with Gasteiger partial charge in [0.1, 0.15) is 5.82 Å². The zero-order valence-corrected chi connectivity index (χ0v) is 15.0. The van der Waals surface area contributed by atoms with Crippen molar-refractivity contribution in [2.45, 2.75) is 11.7 Å². The fourth-order valence-electron chi connectivity index (χ4n) is 2.16. The van der Waals surface area contributed by atoms with E-state index in [1.54, 1.807) is 12.3 Å². The van der Waals surface area contributed by atoms with E-state index in [-0.39, 0.29) is 17.1 Å². The van der Waals surface area contributed by atoms with Gasteiger partial charge in [-0.15, -0.1) is 0 Å². The largest absolute Gasteiger partial charge is 0.309 e. The van der Waals surface area contributed by atoms with Gasteiger partial charge in [-0.2, -0.15) is 0 Å². The predicted octanol–water partition coefficient (Wildman–Crippen LogP) is 4.12. The molecule has 3 rings (SSSR count). The highest BCUT2D eigenvalue weighted by molar-refractivity contribution is 9.10. The van der Waals surface area contributed by atoms with Crippen molar-refractivity contribution in [3.8, 4) is 0 Å². The maximum Gasteiger partial charge on any atom is 0.261 e. The summed E-state index contributed by atoms with van der Waals surface area (Å²) in [5.74, 6) is -0.413. The lowest BCUT2D eigenvalue weighted by molar-refractivity contribution is 0.626. The van der Waals surface area contributed by atoms with Crippen LogP contribution in [0.25, 0.3) is 10.9 Å². The van der Waals surface area contributed by atoms with Gasteiger partial charge in [-0.25, -0.2) is 14.4 Å². The number of rotatable bonds is 3. The fourth-order valence-corrected chi connectivity index (χ4v) is 3.28. The van der Waals surface area contributed by atoms with Crippen molar-refractivity contribution in [2.24, 2.45) is 0 Å². The lowest BCUT2D eigenvalue weighted by atomic mass is 10.2. The molecule has 0 saturated heterocycles. The smallest absolute Gasteiger partial charge is 0.261 e. The molecule has 0 spiro atoms. The molecule has 0 N–H and O–H groups in total. The van der Waals surface area contributed by atoms with Crippen LogP contribution in [0.3, 0.4) is 0 Å². The zero-order chi connectivity index (χ0) is 16.6. The van der Waals surface area contributed by atoms with Crippen LogP contribution in [0.1, 0.15) is 5.56 Å². The van der Waals surface area contributed by atoms with Gasteiger partial charge in [-0.3, -0.25) is 4.79 Å². The van der Waals surface area contributed by atoms with Crippen LogP contribution in [-0.2, 0) is 6.54 Å². The van der Waals surface area contributed by atoms with Crippen molar-refractivity contribution in [1.82, 2.24) is 14.5 Å². The van der Waals surface area contributed by atoms with Crippen LogP contribution >= 0.6 is 39.3 Å². The molecule has 3 aromatic rings. The van der Waals surface area contributed by atoms with Gasteiger partial charge >= 0.3 is 0 Å². The third kappa shape index (κ3) is 3.27. The highest BCUT2D eigenvalue weighted by Crippen LogP contribution is 2.23. The molecule has 0 unspecified atom stereocenters. The van der Waals surface area contributed by atoms with E-state index in [2.05, 4.69) is 25.9 Å². The first-order valence-corrected chi connectivity index (χ1v) is 8.93. The SMILES string of the molecule is CSc1ncc2c(=O)n(Cc3ccc(F)cc3Cl)cc(Br)c2n1. The van der Waals surface area contributed by atoms with Gasteiger partial charge in [-0.05, 0) is 39.9 Å². The highest BCUT2D eigenvalue weighted by Gasteiger charge is 2.12. The van der Waals surface area contributed by atoms with Gasteiger partial charge in [0.2, 0.25) is 0 Å². The summed E-state index contributed by atoms with van der Waals surface area (Å²) in [4.78, 5) is 21.1. The molecule has 1 aromatic carbocycles. The van der Waals surface area contributed by atoms with Gasteiger partial charge in [0.05, 0.1) is 21.9 Å². The minimum absolute atomic E-state index is 0.226. The van der Waals surface area contributed by atoms with Crippen LogP contribution in [0.5, 0.6) is 0 Å². The number of nitrogens with zero attached hydrogens (tertiary/aromatic N) is 3. The number of benzene rings is 1. The Morgan fingerprint density at radius 3 is 2.91 bits per heavy atom. The summed E-state index contributed by atoms with van der Waals surface area (Å²) in [5, 5.41) is 1.29.